The van der Waals surface area contributed by atoms with Crippen molar-refractivity contribution in [3.8, 4) is 5.75 Å². The molecule has 7 heteroatoms. The van der Waals surface area contributed by atoms with E-state index in [-0.39, 0.29) is 22.7 Å². The Balaban J connectivity index is 2.14. The lowest BCUT2D eigenvalue weighted by Gasteiger charge is -2.34. The Kier molecular flexibility index (Phi) is 7.07. The molecular weight excluding hydrogens is 396 g/mol. The first-order chi connectivity index (χ1) is 14.4. The molecule has 1 aliphatic heterocycles. The Labute approximate surface area is 183 Å². The Bertz CT molecular complexity index is 957. The standard InChI is InChI=1S/C23H28N4O2S/c1-15(25-26-23(24)30)18(13-27(2)3)21(16-9-5-4-6-10-16)19-14-29-20-12-8-7-11-17(20)22(19)28/h4-12,18,21,28H,13-14H2,1-3H3,(H3,24,26,30)/b25-15+/t18-,21-/m1/s1. The van der Waals surface area contributed by atoms with E-state index >= 15 is 0 Å². The monoisotopic (exact) mass is 424 g/mol. The second kappa shape index (κ2) is 9.73. The topological polar surface area (TPSA) is 83.1 Å². The van der Waals surface area contributed by atoms with E-state index in [4.69, 9.17) is 22.7 Å². The van der Waals surface area contributed by atoms with Gasteiger partial charge in [0, 0.05) is 29.7 Å². The van der Waals surface area contributed by atoms with E-state index in [1.165, 1.54) is 0 Å². The summed E-state index contributed by atoms with van der Waals surface area (Å²) in [6, 6.07) is 17.7. The van der Waals surface area contributed by atoms with Gasteiger partial charge in [-0.2, -0.15) is 5.10 Å². The second-order valence-corrected chi connectivity index (χ2v) is 8.08. The Morgan fingerprint density at radius 2 is 1.87 bits per heavy atom. The van der Waals surface area contributed by atoms with Crippen LogP contribution in [0.1, 0.15) is 24.0 Å². The van der Waals surface area contributed by atoms with Crippen molar-refractivity contribution in [3.63, 3.8) is 0 Å². The largest absolute Gasteiger partial charge is 0.507 e. The predicted molar refractivity (Wildman–Crippen MR) is 126 cm³/mol. The van der Waals surface area contributed by atoms with Crippen molar-refractivity contribution in [2.75, 3.05) is 27.2 Å². The van der Waals surface area contributed by atoms with Gasteiger partial charge >= 0.3 is 0 Å². The maximum Gasteiger partial charge on any atom is 0.184 e. The number of hydrogen-bond acceptors (Lipinski definition) is 5. The van der Waals surface area contributed by atoms with Crippen LogP contribution in [0.5, 0.6) is 5.75 Å². The molecule has 2 aromatic carbocycles. The summed E-state index contributed by atoms with van der Waals surface area (Å²) in [5.74, 6) is 0.772. The number of ether oxygens (including phenoxy) is 1. The summed E-state index contributed by atoms with van der Waals surface area (Å²) in [7, 11) is 4.04. The summed E-state index contributed by atoms with van der Waals surface area (Å²) in [6.45, 7) is 2.97. The minimum absolute atomic E-state index is 0.0461. The fraction of sp³-hybridized carbons (Fsp3) is 0.304. The van der Waals surface area contributed by atoms with Crippen molar-refractivity contribution in [3.05, 3.63) is 71.3 Å². The molecule has 1 aliphatic rings. The number of aliphatic hydroxyl groups is 1. The Morgan fingerprint density at radius 3 is 2.53 bits per heavy atom. The van der Waals surface area contributed by atoms with Crippen molar-refractivity contribution < 1.29 is 9.84 Å². The van der Waals surface area contributed by atoms with Crippen molar-refractivity contribution in [1.29, 1.82) is 0 Å². The molecule has 0 amide bonds. The zero-order valence-corrected chi connectivity index (χ0v) is 18.3. The quantitative estimate of drug-likeness (QED) is 0.358. The second-order valence-electron chi connectivity index (χ2n) is 7.65. The number of para-hydroxylation sites is 1. The van der Waals surface area contributed by atoms with Gasteiger partial charge in [-0.25, -0.2) is 0 Å². The van der Waals surface area contributed by atoms with Crippen LogP contribution in [0.3, 0.4) is 0 Å². The van der Waals surface area contributed by atoms with Crippen LogP contribution >= 0.6 is 12.2 Å². The summed E-state index contributed by atoms with van der Waals surface area (Å²) in [5, 5.41) is 15.8. The number of fused-ring (bicyclic) bond motifs is 1. The van der Waals surface area contributed by atoms with Gasteiger partial charge in [-0.3, -0.25) is 5.43 Å². The summed E-state index contributed by atoms with van der Waals surface area (Å²) in [5.41, 5.74) is 11.7. The number of nitrogens with one attached hydrogen (secondary N) is 1. The molecule has 0 saturated carbocycles. The molecule has 3 rings (SSSR count). The molecule has 1 heterocycles. The van der Waals surface area contributed by atoms with Gasteiger partial charge in [0.1, 0.15) is 18.1 Å². The van der Waals surface area contributed by atoms with Crippen LogP contribution in [0.15, 0.2) is 65.3 Å². The summed E-state index contributed by atoms with van der Waals surface area (Å²) in [6.07, 6.45) is 0. The average molecular weight is 425 g/mol. The Hall–Kier alpha value is -2.90. The van der Waals surface area contributed by atoms with Crippen molar-refractivity contribution in [2.45, 2.75) is 12.8 Å². The summed E-state index contributed by atoms with van der Waals surface area (Å²) < 4.78 is 6.01. The van der Waals surface area contributed by atoms with Crippen LogP contribution in [0.4, 0.5) is 0 Å². The molecule has 0 saturated heterocycles. The molecule has 0 fully saturated rings. The van der Waals surface area contributed by atoms with Gasteiger partial charge < -0.3 is 20.5 Å². The van der Waals surface area contributed by atoms with Crippen molar-refractivity contribution in [2.24, 2.45) is 16.8 Å². The molecule has 4 N–H and O–H groups in total. The first-order valence-electron chi connectivity index (χ1n) is 9.82. The van der Waals surface area contributed by atoms with Gasteiger partial charge in [-0.15, -0.1) is 0 Å². The molecule has 0 unspecified atom stereocenters. The van der Waals surface area contributed by atoms with Crippen LogP contribution in [0.25, 0.3) is 5.76 Å². The molecule has 0 aromatic heterocycles. The maximum absolute atomic E-state index is 11.2. The highest BCUT2D eigenvalue weighted by molar-refractivity contribution is 7.80. The first kappa shape index (κ1) is 21.8. The van der Waals surface area contributed by atoms with Crippen LogP contribution in [0.2, 0.25) is 0 Å². The molecule has 6 nitrogen and oxygen atoms in total. The summed E-state index contributed by atoms with van der Waals surface area (Å²) >= 11 is 4.91. The number of nitrogens with zero attached hydrogens (tertiary/aromatic N) is 2. The molecule has 2 atom stereocenters. The van der Waals surface area contributed by atoms with Crippen LogP contribution in [-0.4, -0.2) is 48.1 Å². The van der Waals surface area contributed by atoms with Gasteiger partial charge in [-0.05, 0) is 50.9 Å². The van der Waals surface area contributed by atoms with E-state index in [1.807, 2.05) is 63.5 Å². The van der Waals surface area contributed by atoms with Gasteiger partial charge in [0.15, 0.2) is 5.11 Å². The molecule has 0 spiro atoms. The van der Waals surface area contributed by atoms with E-state index in [9.17, 15) is 5.11 Å². The van der Waals surface area contributed by atoms with Gasteiger partial charge in [0.25, 0.3) is 0 Å². The maximum atomic E-state index is 11.2. The summed E-state index contributed by atoms with van der Waals surface area (Å²) in [4.78, 5) is 2.11. The van der Waals surface area contributed by atoms with E-state index in [1.54, 1.807) is 0 Å². The third-order valence-corrected chi connectivity index (χ3v) is 5.30. The third-order valence-electron chi connectivity index (χ3n) is 5.21. The van der Waals surface area contributed by atoms with Crippen molar-refractivity contribution >= 4 is 28.8 Å². The Morgan fingerprint density at radius 1 is 1.20 bits per heavy atom. The molecule has 0 bridgehead atoms. The molecule has 0 aliphatic carbocycles. The number of rotatable bonds is 7. The minimum atomic E-state index is -0.140. The van der Waals surface area contributed by atoms with E-state index < -0.39 is 0 Å². The SMILES string of the molecule is C/C(=N\NC(N)=S)[C@@H](CN(C)C)[C@H](C1=C(O)c2ccccc2OC1)c1ccccc1. The lowest BCUT2D eigenvalue weighted by atomic mass is 9.76. The number of hydrogen-bond donors (Lipinski definition) is 3. The van der Waals surface area contributed by atoms with Crippen LogP contribution in [-0.2, 0) is 0 Å². The zero-order valence-electron chi connectivity index (χ0n) is 17.5. The van der Waals surface area contributed by atoms with Crippen LogP contribution < -0.4 is 15.9 Å². The molecule has 158 valence electrons. The third kappa shape index (κ3) is 4.98. The number of aliphatic hydroxyl groups excluding tert-OH is 1. The predicted octanol–water partition coefficient (Wildman–Crippen LogP) is 3.52. The number of hydrazone groups is 1. The normalized spacial score (nSPS) is 15.9. The minimum Gasteiger partial charge on any atom is -0.507 e. The lowest BCUT2D eigenvalue weighted by Crippen LogP contribution is -2.36. The first-order valence-corrected chi connectivity index (χ1v) is 10.2. The number of nitrogens with two attached hydrogens (primary N) is 1. The fourth-order valence-corrected chi connectivity index (χ4v) is 3.90. The fourth-order valence-electron chi connectivity index (χ4n) is 3.86. The number of benzene rings is 2. The smallest absolute Gasteiger partial charge is 0.184 e. The number of thiocarbonyl (C=S) groups is 1. The van der Waals surface area contributed by atoms with Gasteiger partial charge in [0.2, 0.25) is 0 Å². The van der Waals surface area contributed by atoms with E-state index in [0.29, 0.717) is 24.5 Å². The highest BCUT2D eigenvalue weighted by Gasteiger charge is 2.34. The average Bonchev–Trinajstić information content (AvgIpc) is 2.73. The molecule has 2 aromatic rings. The molecule has 0 radical (unpaired) electrons. The van der Waals surface area contributed by atoms with Crippen LogP contribution in [0, 0.1) is 5.92 Å². The zero-order chi connectivity index (χ0) is 21.7. The van der Waals surface area contributed by atoms with E-state index in [2.05, 4.69) is 27.6 Å². The van der Waals surface area contributed by atoms with Gasteiger partial charge in [0.05, 0.1) is 5.56 Å². The van der Waals surface area contributed by atoms with Crippen molar-refractivity contribution in [1.82, 2.24) is 10.3 Å². The molecule has 30 heavy (non-hydrogen) atoms. The lowest BCUT2D eigenvalue weighted by molar-refractivity contribution is 0.301. The highest BCUT2D eigenvalue weighted by Crippen LogP contribution is 2.41. The highest BCUT2D eigenvalue weighted by atomic mass is 32.1. The van der Waals surface area contributed by atoms with E-state index in [0.717, 1.165) is 16.8 Å². The molecular formula is C23H28N4O2S. The van der Waals surface area contributed by atoms with Gasteiger partial charge in [-0.1, -0.05) is 42.5 Å².